The van der Waals surface area contributed by atoms with Crippen LogP contribution in [0.2, 0.25) is 10.0 Å². The Bertz CT molecular complexity index is 1020. The van der Waals surface area contributed by atoms with E-state index < -0.39 is 0 Å². The smallest absolute Gasteiger partial charge is 0.234 e. The standard InChI is InChI=1S/C20H18Cl2N4O2S/c1-3-8-26-19(16-6-4-5-7-17(16)28-2)24-25-20(26)29-12-18(27)23-15-10-13(21)9-14(22)11-15/h3-7,9-11H,1,8,12H2,2H3,(H,23,27). The van der Waals surface area contributed by atoms with Gasteiger partial charge < -0.3 is 10.1 Å². The van der Waals surface area contributed by atoms with Gasteiger partial charge in [-0.1, -0.05) is 53.2 Å². The first-order valence-electron chi connectivity index (χ1n) is 8.58. The third-order valence-corrected chi connectivity index (χ3v) is 5.26. The number of hydrogen-bond donors (Lipinski definition) is 1. The number of ether oxygens (including phenoxy) is 1. The summed E-state index contributed by atoms with van der Waals surface area (Å²) in [6.45, 7) is 4.29. The van der Waals surface area contributed by atoms with E-state index in [4.69, 9.17) is 27.9 Å². The monoisotopic (exact) mass is 448 g/mol. The van der Waals surface area contributed by atoms with E-state index in [9.17, 15) is 4.79 Å². The first-order valence-corrected chi connectivity index (χ1v) is 10.3. The fraction of sp³-hybridized carbons (Fsp3) is 0.150. The Morgan fingerprint density at radius 3 is 2.66 bits per heavy atom. The van der Waals surface area contributed by atoms with E-state index in [2.05, 4.69) is 22.1 Å². The van der Waals surface area contributed by atoms with E-state index in [1.165, 1.54) is 11.8 Å². The van der Waals surface area contributed by atoms with Gasteiger partial charge in [0.15, 0.2) is 11.0 Å². The summed E-state index contributed by atoms with van der Waals surface area (Å²) < 4.78 is 7.31. The lowest BCUT2D eigenvalue weighted by Crippen LogP contribution is -2.14. The number of hydrogen-bond acceptors (Lipinski definition) is 5. The highest BCUT2D eigenvalue weighted by atomic mass is 35.5. The normalized spacial score (nSPS) is 10.6. The molecule has 1 aromatic heterocycles. The van der Waals surface area contributed by atoms with Crippen molar-refractivity contribution in [3.63, 3.8) is 0 Å². The molecule has 0 spiro atoms. The molecule has 0 saturated carbocycles. The number of allylic oxidation sites excluding steroid dienone is 1. The Labute approximate surface area is 182 Å². The highest BCUT2D eigenvalue weighted by molar-refractivity contribution is 7.99. The molecule has 0 radical (unpaired) electrons. The molecule has 150 valence electrons. The van der Waals surface area contributed by atoms with E-state index in [1.807, 2.05) is 28.8 Å². The first-order chi connectivity index (χ1) is 14.0. The summed E-state index contributed by atoms with van der Waals surface area (Å²) >= 11 is 13.2. The fourth-order valence-electron chi connectivity index (χ4n) is 2.67. The van der Waals surface area contributed by atoms with Gasteiger partial charge in [-0.15, -0.1) is 16.8 Å². The number of amides is 1. The molecule has 0 fully saturated rings. The van der Waals surface area contributed by atoms with Crippen molar-refractivity contribution < 1.29 is 9.53 Å². The predicted octanol–water partition coefficient (Wildman–Crippen LogP) is 5.18. The molecule has 29 heavy (non-hydrogen) atoms. The van der Waals surface area contributed by atoms with Crippen LogP contribution in [-0.2, 0) is 11.3 Å². The molecule has 3 rings (SSSR count). The number of thioether (sulfide) groups is 1. The second-order valence-corrected chi connectivity index (χ2v) is 7.72. The molecule has 1 amide bonds. The Morgan fingerprint density at radius 1 is 1.24 bits per heavy atom. The van der Waals surface area contributed by atoms with E-state index >= 15 is 0 Å². The minimum Gasteiger partial charge on any atom is -0.496 e. The maximum absolute atomic E-state index is 12.3. The van der Waals surface area contributed by atoms with Gasteiger partial charge in [-0.25, -0.2) is 0 Å². The summed E-state index contributed by atoms with van der Waals surface area (Å²) in [6.07, 6.45) is 1.75. The average molecular weight is 449 g/mol. The minimum atomic E-state index is -0.208. The lowest BCUT2D eigenvalue weighted by atomic mass is 10.2. The van der Waals surface area contributed by atoms with Crippen molar-refractivity contribution in [2.45, 2.75) is 11.7 Å². The zero-order valence-corrected chi connectivity index (χ0v) is 17.9. The van der Waals surface area contributed by atoms with Gasteiger partial charge >= 0.3 is 0 Å². The first kappa shape index (κ1) is 21.2. The summed E-state index contributed by atoms with van der Waals surface area (Å²) in [4.78, 5) is 12.3. The van der Waals surface area contributed by atoms with Crippen LogP contribution in [0.1, 0.15) is 0 Å². The van der Waals surface area contributed by atoms with Gasteiger partial charge in [0.2, 0.25) is 5.91 Å². The van der Waals surface area contributed by atoms with Gasteiger partial charge in [-0.2, -0.15) is 0 Å². The predicted molar refractivity (Wildman–Crippen MR) is 118 cm³/mol. The lowest BCUT2D eigenvalue weighted by Gasteiger charge is -2.10. The zero-order valence-electron chi connectivity index (χ0n) is 15.6. The van der Waals surface area contributed by atoms with Gasteiger partial charge in [-0.05, 0) is 30.3 Å². The number of carbonyl (C=O) groups excluding carboxylic acids is 1. The van der Waals surface area contributed by atoms with Crippen molar-refractivity contribution in [1.29, 1.82) is 0 Å². The molecule has 1 heterocycles. The highest BCUT2D eigenvalue weighted by Crippen LogP contribution is 2.31. The molecule has 9 heteroatoms. The number of benzene rings is 2. The van der Waals surface area contributed by atoms with Crippen molar-refractivity contribution in [2.24, 2.45) is 0 Å². The molecule has 2 aromatic carbocycles. The zero-order chi connectivity index (χ0) is 20.8. The number of anilines is 1. The van der Waals surface area contributed by atoms with Crippen LogP contribution in [0.25, 0.3) is 11.4 Å². The van der Waals surface area contributed by atoms with Crippen LogP contribution in [0.3, 0.4) is 0 Å². The third-order valence-electron chi connectivity index (χ3n) is 3.86. The Kier molecular flexibility index (Phi) is 7.19. The molecule has 0 aliphatic carbocycles. The Balaban J connectivity index is 1.76. The lowest BCUT2D eigenvalue weighted by molar-refractivity contribution is -0.113. The quantitative estimate of drug-likeness (QED) is 0.379. The summed E-state index contributed by atoms with van der Waals surface area (Å²) in [5, 5.41) is 12.8. The summed E-state index contributed by atoms with van der Waals surface area (Å²) in [6, 6.07) is 12.4. The van der Waals surface area contributed by atoms with E-state index in [1.54, 1.807) is 31.4 Å². The van der Waals surface area contributed by atoms with Crippen LogP contribution in [0.4, 0.5) is 5.69 Å². The molecule has 1 N–H and O–H groups in total. The van der Waals surface area contributed by atoms with Gasteiger partial charge in [-0.3, -0.25) is 9.36 Å². The molecule has 0 unspecified atom stereocenters. The average Bonchev–Trinajstić information content (AvgIpc) is 3.08. The minimum absolute atomic E-state index is 0.144. The number of para-hydroxylation sites is 1. The van der Waals surface area contributed by atoms with Crippen molar-refractivity contribution in [1.82, 2.24) is 14.8 Å². The molecule has 0 aliphatic rings. The van der Waals surface area contributed by atoms with Crippen LogP contribution in [0, 0.1) is 0 Å². The second kappa shape index (κ2) is 9.82. The van der Waals surface area contributed by atoms with Gasteiger partial charge in [0.1, 0.15) is 5.75 Å². The largest absolute Gasteiger partial charge is 0.496 e. The summed E-state index contributed by atoms with van der Waals surface area (Å²) in [5.74, 6) is 1.27. The molecular weight excluding hydrogens is 431 g/mol. The van der Waals surface area contributed by atoms with Crippen LogP contribution in [0.15, 0.2) is 60.3 Å². The number of halogens is 2. The number of aromatic nitrogens is 3. The van der Waals surface area contributed by atoms with Crippen LogP contribution >= 0.6 is 35.0 Å². The van der Waals surface area contributed by atoms with Gasteiger partial charge in [0.25, 0.3) is 0 Å². The van der Waals surface area contributed by atoms with Gasteiger partial charge in [0.05, 0.1) is 18.4 Å². The molecular formula is C20H18Cl2N4O2S. The number of carbonyl (C=O) groups is 1. The van der Waals surface area contributed by atoms with Crippen LogP contribution in [0.5, 0.6) is 5.75 Å². The van der Waals surface area contributed by atoms with E-state index in [-0.39, 0.29) is 11.7 Å². The molecule has 3 aromatic rings. The van der Waals surface area contributed by atoms with Crippen molar-refractivity contribution in [3.05, 3.63) is 65.2 Å². The number of rotatable bonds is 8. The Hall–Kier alpha value is -2.48. The summed E-state index contributed by atoms with van der Waals surface area (Å²) in [7, 11) is 1.61. The molecule has 6 nitrogen and oxygen atoms in total. The van der Waals surface area contributed by atoms with Crippen molar-refractivity contribution in [2.75, 3.05) is 18.2 Å². The maximum atomic E-state index is 12.3. The topological polar surface area (TPSA) is 69.0 Å². The molecule has 0 aliphatic heterocycles. The fourth-order valence-corrected chi connectivity index (χ4v) is 3.94. The van der Waals surface area contributed by atoms with Gasteiger partial charge in [0, 0.05) is 22.3 Å². The van der Waals surface area contributed by atoms with Crippen molar-refractivity contribution >= 4 is 46.6 Å². The number of methoxy groups -OCH3 is 1. The summed E-state index contributed by atoms with van der Waals surface area (Å²) in [5.41, 5.74) is 1.35. The SMILES string of the molecule is C=CCn1c(SCC(=O)Nc2cc(Cl)cc(Cl)c2)nnc1-c1ccccc1OC. The highest BCUT2D eigenvalue weighted by Gasteiger charge is 2.17. The molecule has 0 saturated heterocycles. The van der Waals surface area contributed by atoms with Crippen molar-refractivity contribution in [3.8, 4) is 17.1 Å². The Morgan fingerprint density at radius 2 is 1.97 bits per heavy atom. The van der Waals surface area contributed by atoms with Crippen LogP contribution in [-0.4, -0.2) is 33.5 Å². The van der Waals surface area contributed by atoms with E-state index in [0.29, 0.717) is 39.0 Å². The molecule has 0 bridgehead atoms. The third kappa shape index (κ3) is 5.32. The van der Waals surface area contributed by atoms with Crippen LogP contribution < -0.4 is 10.1 Å². The number of nitrogens with one attached hydrogen (secondary N) is 1. The number of nitrogens with zero attached hydrogens (tertiary/aromatic N) is 3. The second-order valence-electron chi connectivity index (χ2n) is 5.90. The maximum Gasteiger partial charge on any atom is 0.234 e. The molecule has 0 atom stereocenters. The van der Waals surface area contributed by atoms with E-state index in [0.717, 1.165) is 5.56 Å².